The Morgan fingerprint density at radius 1 is 1.31 bits per heavy atom. The number of carbonyl (C=O) groups is 1. The van der Waals surface area contributed by atoms with Crippen LogP contribution in [-0.2, 0) is 4.74 Å². The standard InChI is InChI=1S/C11H12Cl2O3/c1-15-3-2-4-16-11-8(7-14)5-9(12)6-10(11)13/h5-7H,2-4H2,1H3. The number of hydrogen-bond donors (Lipinski definition) is 0. The SMILES string of the molecule is COCCCOc1c(Cl)cc(Cl)cc1C=O. The highest BCUT2D eigenvalue weighted by atomic mass is 35.5. The first-order chi connectivity index (χ1) is 7.69. The molecule has 0 fully saturated rings. The molecule has 0 atom stereocenters. The lowest BCUT2D eigenvalue weighted by Crippen LogP contribution is -2.03. The molecule has 88 valence electrons. The molecule has 0 amide bonds. The Morgan fingerprint density at radius 2 is 2.06 bits per heavy atom. The fraction of sp³-hybridized carbons (Fsp3) is 0.364. The maximum atomic E-state index is 10.8. The van der Waals surface area contributed by atoms with Gasteiger partial charge in [0.2, 0.25) is 0 Å². The lowest BCUT2D eigenvalue weighted by Gasteiger charge is -2.10. The molecule has 0 aliphatic heterocycles. The first kappa shape index (κ1) is 13.3. The van der Waals surface area contributed by atoms with E-state index >= 15 is 0 Å². The summed E-state index contributed by atoms with van der Waals surface area (Å²) in [6, 6.07) is 3.06. The Bertz CT molecular complexity index is 366. The normalized spacial score (nSPS) is 10.2. The second kappa shape index (κ2) is 6.74. The average Bonchev–Trinajstić information content (AvgIpc) is 2.26. The molecule has 0 N–H and O–H groups in total. The molecule has 1 aromatic carbocycles. The average molecular weight is 263 g/mol. The molecule has 1 aromatic rings. The predicted octanol–water partition coefficient (Wildman–Crippen LogP) is 3.22. The van der Waals surface area contributed by atoms with Crippen molar-refractivity contribution in [2.45, 2.75) is 6.42 Å². The summed E-state index contributed by atoms with van der Waals surface area (Å²) in [4.78, 5) is 10.8. The summed E-state index contributed by atoms with van der Waals surface area (Å²) in [6.07, 6.45) is 1.40. The molecule has 0 aliphatic carbocycles. The molecule has 0 aliphatic rings. The van der Waals surface area contributed by atoms with Crippen molar-refractivity contribution < 1.29 is 14.3 Å². The summed E-state index contributed by atoms with van der Waals surface area (Å²) in [7, 11) is 1.62. The Kier molecular flexibility index (Phi) is 5.60. The maximum absolute atomic E-state index is 10.8. The minimum atomic E-state index is 0.340. The topological polar surface area (TPSA) is 35.5 Å². The van der Waals surface area contributed by atoms with Crippen molar-refractivity contribution in [1.29, 1.82) is 0 Å². The summed E-state index contributed by atoms with van der Waals surface area (Å²) in [5.74, 6) is 0.372. The molecule has 0 heterocycles. The van der Waals surface area contributed by atoms with Gasteiger partial charge in [0.15, 0.2) is 6.29 Å². The molecule has 16 heavy (non-hydrogen) atoms. The molecule has 0 spiro atoms. The summed E-state index contributed by atoms with van der Waals surface area (Å²) < 4.78 is 10.3. The Hall–Kier alpha value is -0.770. The molecular weight excluding hydrogens is 251 g/mol. The van der Waals surface area contributed by atoms with Crippen LogP contribution >= 0.6 is 23.2 Å². The van der Waals surface area contributed by atoms with Crippen molar-refractivity contribution >= 4 is 29.5 Å². The molecule has 3 nitrogen and oxygen atoms in total. The largest absolute Gasteiger partial charge is 0.491 e. The van der Waals surface area contributed by atoms with E-state index in [1.807, 2.05) is 0 Å². The molecule has 1 rings (SSSR count). The second-order valence-electron chi connectivity index (χ2n) is 3.12. The van der Waals surface area contributed by atoms with Crippen LogP contribution in [0.5, 0.6) is 5.75 Å². The Morgan fingerprint density at radius 3 is 2.69 bits per heavy atom. The van der Waals surface area contributed by atoms with Gasteiger partial charge in [-0.15, -0.1) is 0 Å². The minimum Gasteiger partial charge on any atom is -0.491 e. The van der Waals surface area contributed by atoms with Crippen LogP contribution in [0.2, 0.25) is 10.0 Å². The van der Waals surface area contributed by atoms with Crippen LogP contribution in [-0.4, -0.2) is 26.6 Å². The van der Waals surface area contributed by atoms with Gasteiger partial charge in [0.1, 0.15) is 5.75 Å². The summed E-state index contributed by atoms with van der Waals surface area (Å²) in [5.41, 5.74) is 0.356. The number of benzene rings is 1. The first-order valence-corrected chi connectivity index (χ1v) is 5.50. The van der Waals surface area contributed by atoms with Gasteiger partial charge < -0.3 is 9.47 Å². The van der Waals surface area contributed by atoms with E-state index in [4.69, 9.17) is 32.7 Å². The maximum Gasteiger partial charge on any atom is 0.153 e. The fourth-order valence-electron chi connectivity index (χ4n) is 1.20. The second-order valence-corrected chi connectivity index (χ2v) is 3.96. The van der Waals surface area contributed by atoms with Crippen molar-refractivity contribution in [2.24, 2.45) is 0 Å². The zero-order valence-corrected chi connectivity index (χ0v) is 10.3. The lowest BCUT2D eigenvalue weighted by molar-refractivity contribution is 0.111. The third kappa shape index (κ3) is 3.67. The van der Waals surface area contributed by atoms with Gasteiger partial charge in [-0.2, -0.15) is 0 Å². The van der Waals surface area contributed by atoms with Gasteiger partial charge in [0.05, 0.1) is 17.2 Å². The van der Waals surface area contributed by atoms with Gasteiger partial charge in [0, 0.05) is 25.2 Å². The van der Waals surface area contributed by atoms with Crippen LogP contribution in [0.4, 0.5) is 0 Å². The third-order valence-electron chi connectivity index (χ3n) is 1.90. The summed E-state index contributed by atoms with van der Waals surface area (Å²) in [5, 5.41) is 0.753. The zero-order valence-electron chi connectivity index (χ0n) is 8.83. The molecule has 0 bridgehead atoms. The molecule has 5 heteroatoms. The fourth-order valence-corrected chi connectivity index (χ4v) is 1.76. The highest BCUT2D eigenvalue weighted by molar-refractivity contribution is 6.36. The van der Waals surface area contributed by atoms with Gasteiger partial charge >= 0.3 is 0 Å². The number of halogens is 2. The summed E-state index contributed by atoms with van der Waals surface area (Å²) in [6.45, 7) is 1.04. The number of methoxy groups -OCH3 is 1. The molecule has 0 unspecified atom stereocenters. The van der Waals surface area contributed by atoms with Gasteiger partial charge in [-0.1, -0.05) is 23.2 Å². The molecular formula is C11H12Cl2O3. The number of hydrogen-bond acceptors (Lipinski definition) is 3. The molecule has 0 saturated heterocycles. The molecule has 0 radical (unpaired) electrons. The van der Waals surface area contributed by atoms with Crippen LogP contribution in [0.25, 0.3) is 0 Å². The Balaban J connectivity index is 2.74. The van der Waals surface area contributed by atoms with Crippen molar-refractivity contribution in [3.8, 4) is 5.75 Å². The van der Waals surface area contributed by atoms with Crippen molar-refractivity contribution in [2.75, 3.05) is 20.3 Å². The van der Waals surface area contributed by atoms with Gasteiger partial charge in [-0.05, 0) is 12.1 Å². The monoisotopic (exact) mass is 262 g/mol. The predicted molar refractivity (Wildman–Crippen MR) is 63.8 cm³/mol. The van der Waals surface area contributed by atoms with E-state index in [-0.39, 0.29) is 0 Å². The van der Waals surface area contributed by atoms with Crippen LogP contribution < -0.4 is 4.74 Å². The lowest BCUT2D eigenvalue weighted by atomic mass is 10.2. The van der Waals surface area contributed by atoms with E-state index in [0.29, 0.717) is 40.9 Å². The highest BCUT2D eigenvalue weighted by Crippen LogP contribution is 2.31. The number of aldehydes is 1. The summed E-state index contributed by atoms with van der Waals surface area (Å²) >= 11 is 11.7. The smallest absolute Gasteiger partial charge is 0.153 e. The zero-order chi connectivity index (χ0) is 12.0. The van der Waals surface area contributed by atoms with E-state index in [0.717, 1.165) is 6.42 Å². The van der Waals surface area contributed by atoms with E-state index in [1.54, 1.807) is 13.2 Å². The third-order valence-corrected chi connectivity index (χ3v) is 2.40. The van der Waals surface area contributed by atoms with Gasteiger partial charge in [-0.25, -0.2) is 0 Å². The Labute approximate surface area is 104 Å². The quantitative estimate of drug-likeness (QED) is 0.584. The van der Waals surface area contributed by atoms with Crippen LogP contribution in [0.1, 0.15) is 16.8 Å². The van der Waals surface area contributed by atoms with E-state index in [9.17, 15) is 4.79 Å². The minimum absolute atomic E-state index is 0.340. The van der Waals surface area contributed by atoms with Crippen LogP contribution in [0.15, 0.2) is 12.1 Å². The van der Waals surface area contributed by atoms with E-state index in [1.165, 1.54) is 6.07 Å². The van der Waals surface area contributed by atoms with E-state index in [2.05, 4.69) is 0 Å². The molecule has 0 aromatic heterocycles. The first-order valence-electron chi connectivity index (χ1n) is 4.75. The van der Waals surface area contributed by atoms with Crippen LogP contribution in [0.3, 0.4) is 0 Å². The number of carbonyl (C=O) groups excluding carboxylic acids is 1. The number of ether oxygens (including phenoxy) is 2. The van der Waals surface area contributed by atoms with Crippen LogP contribution in [0, 0.1) is 0 Å². The van der Waals surface area contributed by atoms with Crippen molar-refractivity contribution in [3.05, 3.63) is 27.7 Å². The van der Waals surface area contributed by atoms with Crippen molar-refractivity contribution in [1.82, 2.24) is 0 Å². The number of rotatable bonds is 6. The van der Waals surface area contributed by atoms with Gasteiger partial charge in [0.25, 0.3) is 0 Å². The van der Waals surface area contributed by atoms with Gasteiger partial charge in [-0.3, -0.25) is 4.79 Å². The van der Waals surface area contributed by atoms with E-state index < -0.39 is 0 Å². The molecule has 0 saturated carbocycles. The highest BCUT2D eigenvalue weighted by Gasteiger charge is 2.09. The van der Waals surface area contributed by atoms with Crippen molar-refractivity contribution in [3.63, 3.8) is 0 Å².